The minimum absolute atomic E-state index is 0.141. The van der Waals surface area contributed by atoms with Gasteiger partial charge in [-0.2, -0.15) is 0 Å². The van der Waals surface area contributed by atoms with Crippen molar-refractivity contribution < 1.29 is 29.1 Å². The molecule has 0 aliphatic heterocycles. The molecule has 218 valence electrons. The van der Waals surface area contributed by atoms with Gasteiger partial charge >= 0.3 is 6.03 Å². The van der Waals surface area contributed by atoms with Crippen molar-refractivity contribution in [1.82, 2.24) is 21.3 Å². The smallest absolute Gasteiger partial charge is 0.312 e. The lowest BCUT2D eigenvalue weighted by atomic mass is 10.0. The van der Waals surface area contributed by atoms with Gasteiger partial charge in [0.2, 0.25) is 23.6 Å². The van der Waals surface area contributed by atoms with E-state index in [-0.39, 0.29) is 31.4 Å². The molecule has 1 aromatic rings. The second-order valence-electron chi connectivity index (χ2n) is 9.61. The first-order chi connectivity index (χ1) is 18.5. The molecule has 3 atom stereocenters. The van der Waals surface area contributed by atoms with E-state index < -0.39 is 41.9 Å². The minimum atomic E-state index is -0.987. The molecule has 0 unspecified atom stereocenters. The van der Waals surface area contributed by atoms with Gasteiger partial charge in [-0.05, 0) is 62.3 Å². The first-order valence-electron chi connectivity index (χ1n) is 13.1. The number of carbonyl (C=O) groups is 5. The summed E-state index contributed by atoms with van der Waals surface area (Å²) in [5.41, 5.74) is 11.8. The Morgan fingerprint density at radius 1 is 0.846 bits per heavy atom. The fourth-order valence-electron chi connectivity index (χ4n) is 3.77. The number of hydrogen-bond acceptors (Lipinski definition) is 7. The van der Waals surface area contributed by atoms with Gasteiger partial charge in [-0.1, -0.05) is 26.0 Å². The number of carbonyl (C=O) groups excluding carboxylic acids is 5. The summed E-state index contributed by atoms with van der Waals surface area (Å²) in [5.74, 6) is -2.28. The van der Waals surface area contributed by atoms with Crippen LogP contribution in [0.3, 0.4) is 0 Å². The quantitative estimate of drug-likeness (QED) is 0.122. The third kappa shape index (κ3) is 13.1. The molecule has 0 aromatic heterocycles. The van der Waals surface area contributed by atoms with Gasteiger partial charge in [-0.25, -0.2) is 4.79 Å². The lowest BCUT2D eigenvalue weighted by Crippen LogP contribution is -2.57. The number of urea groups is 1. The number of benzene rings is 1. The van der Waals surface area contributed by atoms with E-state index in [1.807, 2.05) is 0 Å². The zero-order valence-corrected chi connectivity index (χ0v) is 22.9. The largest absolute Gasteiger partial charge is 0.392 e. The fourth-order valence-corrected chi connectivity index (χ4v) is 3.77. The van der Waals surface area contributed by atoms with Crippen molar-refractivity contribution in [3.63, 3.8) is 0 Å². The average Bonchev–Trinajstić information content (AvgIpc) is 2.88. The van der Waals surface area contributed by atoms with Gasteiger partial charge in [0.25, 0.3) is 0 Å². The number of anilines is 1. The molecule has 0 saturated carbocycles. The van der Waals surface area contributed by atoms with Crippen molar-refractivity contribution in [2.75, 3.05) is 18.4 Å². The summed E-state index contributed by atoms with van der Waals surface area (Å²) in [6, 6.07) is 3.06. The van der Waals surface area contributed by atoms with E-state index in [0.717, 1.165) is 0 Å². The van der Waals surface area contributed by atoms with Gasteiger partial charge in [-0.15, -0.1) is 0 Å². The molecule has 0 fully saturated rings. The van der Waals surface area contributed by atoms with Crippen LogP contribution in [-0.4, -0.2) is 66.0 Å². The molecule has 10 N–H and O–H groups in total. The summed E-state index contributed by atoms with van der Waals surface area (Å²) >= 11 is 0. The molecular formula is C26H43N7O6. The number of nitrogens with one attached hydrogen (secondary N) is 5. The highest BCUT2D eigenvalue weighted by atomic mass is 16.3. The van der Waals surface area contributed by atoms with Crippen LogP contribution in [0.25, 0.3) is 0 Å². The first-order valence-corrected chi connectivity index (χ1v) is 13.1. The summed E-state index contributed by atoms with van der Waals surface area (Å²) in [5, 5.41) is 22.4. The third-order valence-electron chi connectivity index (χ3n) is 5.89. The van der Waals surface area contributed by atoms with Crippen molar-refractivity contribution >= 4 is 35.3 Å². The van der Waals surface area contributed by atoms with Gasteiger partial charge in [-0.3, -0.25) is 19.2 Å². The number of rotatable bonds is 17. The second-order valence-corrected chi connectivity index (χ2v) is 9.61. The van der Waals surface area contributed by atoms with Crippen LogP contribution < -0.4 is 38.1 Å². The normalized spacial score (nSPS) is 13.1. The molecule has 1 rings (SSSR count). The van der Waals surface area contributed by atoms with Crippen LogP contribution in [-0.2, 0) is 25.8 Å². The van der Waals surface area contributed by atoms with E-state index in [0.29, 0.717) is 43.5 Å². The molecule has 0 saturated heterocycles. The molecule has 0 radical (unpaired) electrons. The second kappa shape index (κ2) is 17.7. The molecule has 0 aliphatic carbocycles. The standard InChI is InChI=1S/C26H43N7O6/c1-16(2)22(33-24(37)20(30-17(3)35)7-4-5-13-27)25(38)32-21(8-6-14-29-26(28)39)23(36)31-19-11-9-18(15-34)10-12-19/h9-12,16,20-22,34H,4-8,13-15,27H2,1-3H3,(H,30,35)(H,31,36)(H,32,38)(H,33,37)(H3,28,29,39)/t20-,21-,22-/m0/s1. The summed E-state index contributed by atoms with van der Waals surface area (Å²) in [6.45, 7) is 5.32. The van der Waals surface area contributed by atoms with E-state index in [4.69, 9.17) is 11.5 Å². The van der Waals surface area contributed by atoms with Crippen LogP contribution in [0, 0.1) is 5.92 Å². The number of unbranched alkanes of at least 4 members (excludes halogenated alkanes) is 1. The molecular weight excluding hydrogens is 506 g/mol. The van der Waals surface area contributed by atoms with Crippen molar-refractivity contribution in [3.8, 4) is 0 Å². The number of primary amides is 1. The van der Waals surface area contributed by atoms with Crippen molar-refractivity contribution in [2.24, 2.45) is 17.4 Å². The highest BCUT2D eigenvalue weighted by molar-refractivity contribution is 5.99. The van der Waals surface area contributed by atoms with Gasteiger partial charge in [0.1, 0.15) is 18.1 Å². The van der Waals surface area contributed by atoms with E-state index in [1.54, 1.807) is 38.1 Å². The minimum Gasteiger partial charge on any atom is -0.392 e. The SMILES string of the molecule is CC(=O)N[C@@H](CCCCN)C(=O)N[C@H](C(=O)N[C@@H](CCCNC(N)=O)C(=O)Nc1ccc(CO)cc1)C(C)C. The Morgan fingerprint density at radius 2 is 1.46 bits per heavy atom. The van der Waals surface area contributed by atoms with E-state index in [9.17, 15) is 29.1 Å². The Morgan fingerprint density at radius 3 is 2.00 bits per heavy atom. The predicted molar refractivity (Wildman–Crippen MR) is 147 cm³/mol. The maximum Gasteiger partial charge on any atom is 0.312 e. The monoisotopic (exact) mass is 549 g/mol. The van der Waals surface area contributed by atoms with Crippen molar-refractivity contribution in [2.45, 2.75) is 77.6 Å². The number of nitrogens with two attached hydrogens (primary N) is 2. The number of aliphatic hydroxyl groups excluding tert-OH is 1. The Bertz CT molecular complexity index is 955. The maximum absolute atomic E-state index is 13.3. The van der Waals surface area contributed by atoms with Gasteiger partial charge < -0.3 is 43.2 Å². The molecule has 0 bridgehead atoms. The van der Waals surface area contributed by atoms with E-state index in [2.05, 4.69) is 26.6 Å². The highest BCUT2D eigenvalue weighted by Gasteiger charge is 2.31. The Balaban J connectivity index is 3.00. The van der Waals surface area contributed by atoms with E-state index >= 15 is 0 Å². The van der Waals surface area contributed by atoms with Crippen molar-refractivity contribution in [3.05, 3.63) is 29.8 Å². The molecule has 39 heavy (non-hydrogen) atoms. The van der Waals surface area contributed by atoms with Crippen LogP contribution >= 0.6 is 0 Å². The molecule has 0 heterocycles. The maximum atomic E-state index is 13.3. The van der Waals surface area contributed by atoms with Crippen molar-refractivity contribution in [1.29, 1.82) is 0 Å². The molecule has 1 aromatic carbocycles. The van der Waals surface area contributed by atoms with Crippen LogP contribution in [0.4, 0.5) is 10.5 Å². The first kappa shape index (κ1) is 33.3. The highest BCUT2D eigenvalue weighted by Crippen LogP contribution is 2.12. The molecule has 13 nitrogen and oxygen atoms in total. The molecule has 0 spiro atoms. The number of hydrogen-bond donors (Lipinski definition) is 8. The number of aliphatic hydroxyl groups is 1. The summed E-state index contributed by atoms with van der Waals surface area (Å²) in [4.78, 5) is 62.0. The van der Waals surface area contributed by atoms with Crippen LogP contribution in [0.15, 0.2) is 24.3 Å². The average molecular weight is 550 g/mol. The Kier molecular flexibility index (Phi) is 15.2. The van der Waals surface area contributed by atoms with Gasteiger partial charge in [0.15, 0.2) is 0 Å². The zero-order valence-electron chi connectivity index (χ0n) is 22.9. The van der Waals surface area contributed by atoms with Gasteiger partial charge in [0.05, 0.1) is 6.61 Å². The lowest BCUT2D eigenvalue weighted by Gasteiger charge is -2.27. The van der Waals surface area contributed by atoms with Crippen LogP contribution in [0.2, 0.25) is 0 Å². The number of amides is 6. The molecule has 6 amide bonds. The molecule has 13 heteroatoms. The summed E-state index contributed by atoms with van der Waals surface area (Å²) < 4.78 is 0. The predicted octanol–water partition coefficient (Wildman–Crippen LogP) is -0.175. The van der Waals surface area contributed by atoms with Crippen LogP contribution in [0.1, 0.15) is 58.4 Å². The summed E-state index contributed by atoms with van der Waals surface area (Å²) in [7, 11) is 0. The summed E-state index contributed by atoms with van der Waals surface area (Å²) in [6.07, 6.45) is 2.19. The van der Waals surface area contributed by atoms with Crippen LogP contribution in [0.5, 0.6) is 0 Å². The Labute approximate surface area is 229 Å². The van der Waals surface area contributed by atoms with Gasteiger partial charge in [0, 0.05) is 19.2 Å². The topological polar surface area (TPSA) is 218 Å². The Hall–Kier alpha value is -3.71. The lowest BCUT2D eigenvalue weighted by molar-refractivity contribution is -0.133. The zero-order chi connectivity index (χ0) is 29.4. The third-order valence-corrected chi connectivity index (χ3v) is 5.89. The van der Waals surface area contributed by atoms with E-state index in [1.165, 1.54) is 6.92 Å². The molecule has 0 aliphatic rings. The fraction of sp³-hybridized carbons (Fsp3) is 0.577.